The van der Waals surface area contributed by atoms with E-state index in [1.807, 2.05) is 23.8 Å². The van der Waals surface area contributed by atoms with Crippen molar-refractivity contribution in [2.24, 2.45) is 0 Å². The van der Waals surface area contributed by atoms with Crippen LogP contribution in [0, 0.1) is 17.1 Å². The number of nitriles is 1. The fourth-order valence-electron chi connectivity index (χ4n) is 3.35. The van der Waals surface area contributed by atoms with Crippen LogP contribution in [0.1, 0.15) is 51.0 Å². The molecule has 5 heteroatoms. The molecule has 1 aromatic rings. The number of nitrogens with zero attached hydrogens (tertiary/aromatic N) is 3. The van der Waals surface area contributed by atoms with Gasteiger partial charge in [-0.25, -0.2) is 4.39 Å². The molecule has 1 aliphatic carbocycles. The van der Waals surface area contributed by atoms with Crippen LogP contribution in [0.4, 0.5) is 4.39 Å². The third-order valence-corrected chi connectivity index (χ3v) is 5.13. The lowest BCUT2D eigenvalue weighted by Crippen LogP contribution is -2.46. The Hall–Kier alpha value is -1.93. The van der Waals surface area contributed by atoms with Crippen molar-refractivity contribution in [3.63, 3.8) is 0 Å². The fraction of sp³-hybridized carbons (Fsp3) is 0.600. The van der Waals surface area contributed by atoms with Crippen LogP contribution in [-0.2, 0) is 11.3 Å². The number of carbonyl (C=O) groups is 1. The predicted octanol–water partition coefficient (Wildman–Crippen LogP) is 3.72. The summed E-state index contributed by atoms with van der Waals surface area (Å²) in [7, 11) is 1.89. The number of amides is 1. The molecule has 2 rings (SSSR count). The van der Waals surface area contributed by atoms with Crippen molar-refractivity contribution in [1.29, 1.82) is 5.26 Å². The fourth-order valence-corrected chi connectivity index (χ4v) is 3.35. The number of benzene rings is 1. The van der Waals surface area contributed by atoms with Gasteiger partial charge in [0.05, 0.1) is 19.0 Å². The third-order valence-electron chi connectivity index (χ3n) is 5.13. The quantitative estimate of drug-likeness (QED) is 0.757. The number of carbonyl (C=O) groups excluding carboxylic acids is 1. The zero-order valence-electron chi connectivity index (χ0n) is 15.2. The summed E-state index contributed by atoms with van der Waals surface area (Å²) >= 11 is 0. The third kappa shape index (κ3) is 5.82. The first-order chi connectivity index (χ1) is 12.0. The minimum absolute atomic E-state index is 0.0491. The first-order valence-corrected chi connectivity index (χ1v) is 9.12. The summed E-state index contributed by atoms with van der Waals surface area (Å²) in [6.07, 6.45) is 6.01. The van der Waals surface area contributed by atoms with Crippen LogP contribution in [0.3, 0.4) is 0 Å². The summed E-state index contributed by atoms with van der Waals surface area (Å²) in [6, 6.07) is 8.85. The van der Waals surface area contributed by atoms with Gasteiger partial charge in [-0.05, 0) is 44.5 Å². The Bertz CT molecular complexity index is 590. The Labute approximate surface area is 150 Å². The molecule has 1 aromatic carbocycles. The lowest BCUT2D eigenvalue weighted by molar-refractivity contribution is -0.136. The summed E-state index contributed by atoms with van der Waals surface area (Å²) < 4.78 is 13.2. The second-order valence-corrected chi connectivity index (χ2v) is 7.07. The number of hydrogen-bond donors (Lipinski definition) is 0. The zero-order valence-corrected chi connectivity index (χ0v) is 15.2. The topological polar surface area (TPSA) is 47.3 Å². The molecule has 0 N–H and O–H groups in total. The van der Waals surface area contributed by atoms with Crippen molar-refractivity contribution in [1.82, 2.24) is 9.80 Å². The number of hydrogen-bond acceptors (Lipinski definition) is 3. The molecule has 1 fully saturated rings. The smallest absolute Gasteiger partial charge is 0.237 e. The molecular formula is C20H28FN3O. The molecule has 0 bridgehead atoms. The molecule has 136 valence electrons. The van der Waals surface area contributed by atoms with Gasteiger partial charge in [0.15, 0.2) is 0 Å². The van der Waals surface area contributed by atoms with Crippen molar-refractivity contribution in [2.45, 2.75) is 64.1 Å². The van der Waals surface area contributed by atoms with Crippen molar-refractivity contribution < 1.29 is 9.18 Å². The van der Waals surface area contributed by atoms with E-state index in [0.29, 0.717) is 19.5 Å². The van der Waals surface area contributed by atoms with Crippen LogP contribution in [0.15, 0.2) is 24.3 Å². The highest BCUT2D eigenvalue weighted by atomic mass is 19.1. The number of rotatable bonds is 7. The van der Waals surface area contributed by atoms with Crippen LogP contribution >= 0.6 is 0 Å². The molecule has 1 aliphatic rings. The van der Waals surface area contributed by atoms with Gasteiger partial charge in [0.2, 0.25) is 5.91 Å². The van der Waals surface area contributed by atoms with E-state index in [1.165, 1.54) is 18.6 Å². The minimum atomic E-state index is -0.260. The van der Waals surface area contributed by atoms with Gasteiger partial charge >= 0.3 is 0 Å². The van der Waals surface area contributed by atoms with E-state index in [1.54, 1.807) is 12.1 Å². The Morgan fingerprint density at radius 1 is 1.28 bits per heavy atom. The molecule has 0 unspecified atom stereocenters. The average Bonchev–Trinajstić information content (AvgIpc) is 2.62. The summed E-state index contributed by atoms with van der Waals surface area (Å²) in [5.74, 6) is -0.173. The van der Waals surface area contributed by atoms with Crippen LogP contribution in [-0.4, -0.2) is 41.4 Å². The molecular weight excluding hydrogens is 317 g/mol. The second kappa shape index (κ2) is 9.53. The number of likely N-dealkylation sites (N-methyl/N-ethyl adjacent to an activating group) is 1. The van der Waals surface area contributed by atoms with Gasteiger partial charge in [0.1, 0.15) is 5.82 Å². The Kier molecular flexibility index (Phi) is 7.39. The highest BCUT2D eigenvalue weighted by molar-refractivity contribution is 5.78. The van der Waals surface area contributed by atoms with Crippen molar-refractivity contribution in [3.05, 3.63) is 35.6 Å². The maximum Gasteiger partial charge on any atom is 0.237 e. The van der Waals surface area contributed by atoms with E-state index in [0.717, 1.165) is 31.2 Å². The highest BCUT2D eigenvalue weighted by Gasteiger charge is 2.27. The molecule has 0 spiro atoms. The summed E-state index contributed by atoms with van der Waals surface area (Å²) in [6.45, 7) is 2.78. The molecule has 4 nitrogen and oxygen atoms in total. The van der Waals surface area contributed by atoms with E-state index in [-0.39, 0.29) is 23.8 Å². The van der Waals surface area contributed by atoms with E-state index >= 15 is 0 Å². The maximum absolute atomic E-state index is 13.2. The van der Waals surface area contributed by atoms with Crippen molar-refractivity contribution >= 4 is 5.91 Å². The Morgan fingerprint density at radius 2 is 1.92 bits per heavy atom. The van der Waals surface area contributed by atoms with Crippen LogP contribution in [0.25, 0.3) is 0 Å². The summed E-state index contributed by atoms with van der Waals surface area (Å²) in [4.78, 5) is 16.9. The predicted molar refractivity (Wildman–Crippen MR) is 96.1 cm³/mol. The Balaban J connectivity index is 2.08. The van der Waals surface area contributed by atoms with Gasteiger partial charge in [-0.15, -0.1) is 0 Å². The van der Waals surface area contributed by atoms with Crippen molar-refractivity contribution in [2.75, 3.05) is 13.6 Å². The molecule has 0 saturated heterocycles. The monoisotopic (exact) mass is 345 g/mol. The molecule has 1 atom stereocenters. The summed E-state index contributed by atoms with van der Waals surface area (Å²) in [5, 5.41) is 8.85. The molecule has 0 heterocycles. The normalized spacial score (nSPS) is 16.4. The van der Waals surface area contributed by atoms with E-state index in [2.05, 4.69) is 6.07 Å². The first-order valence-electron chi connectivity index (χ1n) is 9.12. The average molecular weight is 345 g/mol. The van der Waals surface area contributed by atoms with Crippen LogP contribution in [0.5, 0.6) is 0 Å². The molecule has 0 radical (unpaired) electrons. The summed E-state index contributed by atoms with van der Waals surface area (Å²) in [5.41, 5.74) is 0.952. The molecule has 0 aliphatic heterocycles. The van der Waals surface area contributed by atoms with Crippen LogP contribution < -0.4 is 0 Å². The minimum Gasteiger partial charge on any atom is -0.334 e. The van der Waals surface area contributed by atoms with Gasteiger partial charge < -0.3 is 4.90 Å². The lowest BCUT2D eigenvalue weighted by Gasteiger charge is -2.36. The van der Waals surface area contributed by atoms with Gasteiger partial charge in [-0.1, -0.05) is 31.4 Å². The van der Waals surface area contributed by atoms with E-state index in [9.17, 15) is 9.18 Å². The number of halogens is 1. The van der Waals surface area contributed by atoms with Crippen LogP contribution in [0.2, 0.25) is 0 Å². The van der Waals surface area contributed by atoms with Gasteiger partial charge in [-0.3, -0.25) is 9.69 Å². The first kappa shape index (κ1) is 19.4. The molecule has 1 amide bonds. The maximum atomic E-state index is 13.2. The lowest BCUT2D eigenvalue weighted by atomic mass is 9.93. The van der Waals surface area contributed by atoms with Gasteiger partial charge in [-0.2, -0.15) is 5.26 Å². The zero-order chi connectivity index (χ0) is 18.2. The van der Waals surface area contributed by atoms with Crippen molar-refractivity contribution in [3.8, 4) is 6.07 Å². The SMILES string of the molecule is C[C@@H](CC#N)N(C)CC(=O)N(Cc1ccc(F)cc1)C1CCCCC1. The van der Waals surface area contributed by atoms with Gasteiger partial charge in [0, 0.05) is 18.6 Å². The standard InChI is InChI=1S/C20H28FN3O/c1-16(12-13-22)23(2)15-20(25)24(19-6-4-3-5-7-19)14-17-8-10-18(21)11-9-17/h8-11,16,19H,3-7,12,14-15H2,1-2H3/t16-/m0/s1. The highest BCUT2D eigenvalue weighted by Crippen LogP contribution is 2.24. The molecule has 25 heavy (non-hydrogen) atoms. The molecule has 1 saturated carbocycles. The van der Waals surface area contributed by atoms with E-state index in [4.69, 9.17) is 5.26 Å². The van der Waals surface area contributed by atoms with Gasteiger partial charge in [0.25, 0.3) is 0 Å². The van der Waals surface area contributed by atoms with E-state index < -0.39 is 0 Å². The largest absolute Gasteiger partial charge is 0.334 e. The molecule has 0 aromatic heterocycles. The second-order valence-electron chi connectivity index (χ2n) is 7.07. The Morgan fingerprint density at radius 3 is 2.52 bits per heavy atom.